The van der Waals surface area contributed by atoms with Crippen LogP contribution in [0.2, 0.25) is 0 Å². The number of amides is 4. The Morgan fingerprint density at radius 1 is 1.16 bits per heavy atom. The summed E-state index contributed by atoms with van der Waals surface area (Å²) in [5, 5.41) is 2.36. The summed E-state index contributed by atoms with van der Waals surface area (Å²) in [5.74, 6) is -0.920. The number of carbonyl (C=O) groups is 4. The minimum Gasteiger partial charge on any atom is -0.444 e. The van der Waals surface area contributed by atoms with Gasteiger partial charge in [-0.3, -0.25) is 19.7 Å². The average Bonchev–Trinajstić information content (AvgIpc) is 3.06. The van der Waals surface area contributed by atoms with E-state index in [2.05, 4.69) is 5.32 Å². The lowest BCUT2D eigenvalue weighted by Crippen LogP contribution is -2.61. The Labute approximate surface area is 187 Å². The molecule has 0 radical (unpaired) electrons. The number of nitrogens with zero attached hydrogens (tertiary/aromatic N) is 2. The molecule has 32 heavy (non-hydrogen) atoms. The van der Waals surface area contributed by atoms with Crippen LogP contribution >= 0.6 is 0 Å². The van der Waals surface area contributed by atoms with Crippen molar-refractivity contribution >= 4 is 29.4 Å². The Hall–Kier alpha value is -3.16. The van der Waals surface area contributed by atoms with Crippen LogP contribution < -0.4 is 5.32 Å². The number of nitrogens with one attached hydrogen (secondary N) is 1. The lowest BCUT2D eigenvalue weighted by Gasteiger charge is -2.39. The highest BCUT2D eigenvalue weighted by atomic mass is 16.6. The highest BCUT2D eigenvalue weighted by Gasteiger charge is 2.48. The van der Waals surface area contributed by atoms with Crippen molar-refractivity contribution in [1.29, 1.82) is 0 Å². The number of ether oxygens (including phenoxy) is 1. The van der Waals surface area contributed by atoms with E-state index in [1.165, 1.54) is 0 Å². The maximum Gasteiger partial charge on any atom is 0.410 e. The smallest absolute Gasteiger partial charge is 0.410 e. The van der Waals surface area contributed by atoms with E-state index >= 15 is 0 Å². The van der Waals surface area contributed by atoms with Crippen molar-refractivity contribution in [2.24, 2.45) is 0 Å². The fourth-order valence-electron chi connectivity index (χ4n) is 4.37. The predicted octanol–water partition coefficient (Wildman–Crippen LogP) is 2.86. The van der Waals surface area contributed by atoms with E-state index in [9.17, 15) is 19.2 Å². The van der Waals surface area contributed by atoms with Crippen molar-refractivity contribution in [2.45, 2.75) is 64.6 Å². The molecule has 1 unspecified atom stereocenters. The van der Waals surface area contributed by atoms with Gasteiger partial charge in [0.1, 0.15) is 11.1 Å². The van der Waals surface area contributed by atoms with Gasteiger partial charge in [-0.15, -0.1) is 0 Å². The number of fused-ring (bicyclic) bond motifs is 1. The minimum atomic E-state index is -1.04. The Kier molecular flexibility index (Phi) is 5.35. The predicted molar refractivity (Wildman–Crippen MR) is 118 cm³/mol. The van der Waals surface area contributed by atoms with Crippen molar-refractivity contribution in [3.05, 3.63) is 41.0 Å². The molecule has 3 aliphatic heterocycles. The summed E-state index contributed by atoms with van der Waals surface area (Å²) in [6, 6.07) is 5.79. The van der Waals surface area contributed by atoms with Crippen LogP contribution in [0.5, 0.6) is 0 Å². The Morgan fingerprint density at radius 2 is 1.91 bits per heavy atom. The van der Waals surface area contributed by atoms with Crippen molar-refractivity contribution in [2.75, 3.05) is 13.1 Å². The summed E-state index contributed by atoms with van der Waals surface area (Å²) in [5.41, 5.74) is 1.90. The molecule has 1 saturated heterocycles. The first-order valence-corrected chi connectivity index (χ1v) is 10.9. The zero-order chi connectivity index (χ0) is 23.3. The fourth-order valence-corrected chi connectivity index (χ4v) is 4.37. The summed E-state index contributed by atoms with van der Waals surface area (Å²) >= 11 is 0. The summed E-state index contributed by atoms with van der Waals surface area (Å²) in [6.07, 6.45) is 2.86. The molecule has 0 aromatic heterocycles. The lowest BCUT2D eigenvalue weighted by molar-refractivity contribution is -0.142. The van der Waals surface area contributed by atoms with Crippen LogP contribution in [0.3, 0.4) is 0 Å². The average molecular weight is 440 g/mol. The van der Waals surface area contributed by atoms with E-state index < -0.39 is 17.0 Å². The standard InChI is InChI=1S/C24H29N3O5/c1-23(2,3)32-22(31)26-11-8-15(9-12-26)16-5-6-17-14-27(20(29)18(17)13-16)24(4)10-7-19(28)25-21(24)30/h5-6,8,13H,7,9-12,14H2,1-4H3,(H,25,28,30). The van der Waals surface area contributed by atoms with Gasteiger partial charge in [-0.25, -0.2) is 4.79 Å². The van der Waals surface area contributed by atoms with Gasteiger partial charge in [0.15, 0.2) is 0 Å². The molecule has 0 spiro atoms. The number of hydrogen-bond donors (Lipinski definition) is 1. The third kappa shape index (κ3) is 4.01. The van der Waals surface area contributed by atoms with E-state index in [-0.39, 0.29) is 24.3 Å². The Morgan fingerprint density at radius 3 is 2.53 bits per heavy atom. The Balaban J connectivity index is 1.50. The number of carbonyl (C=O) groups excluding carboxylic acids is 4. The molecule has 1 N–H and O–H groups in total. The van der Waals surface area contributed by atoms with Gasteiger partial charge in [-0.2, -0.15) is 0 Å². The zero-order valence-corrected chi connectivity index (χ0v) is 19.0. The molecule has 0 saturated carbocycles. The molecule has 1 fully saturated rings. The summed E-state index contributed by atoms with van der Waals surface area (Å²) in [6.45, 7) is 8.59. The third-order valence-electron chi connectivity index (χ3n) is 6.32. The molecule has 1 aromatic carbocycles. The number of rotatable bonds is 2. The van der Waals surface area contributed by atoms with E-state index in [1.54, 1.807) is 16.7 Å². The summed E-state index contributed by atoms with van der Waals surface area (Å²) in [4.78, 5) is 52.8. The molecule has 0 bridgehead atoms. The van der Waals surface area contributed by atoms with Gasteiger partial charge in [0.2, 0.25) is 5.91 Å². The van der Waals surface area contributed by atoms with Crippen molar-refractivity contribution in [3.8, 4) is 0 Å². The molecule has 3 heterocycles. The van der Waals surface area contributed by atoms with Gasteiger partial charge >= 0.3 is 6.09 Å². The molecule has 170 valence electrons. The molecular formula is C24H29N3O5. The molecule has 0 aliphatic carbocycles. The second-order valence-corrected chi connectivity index (χ2v) is 9.82. The number of hydrogen-bond acceptors (Lipinski definition) is 5. The monoisotopic (exact) mass is 439 g/mol. The first-order chi connectivity index (χ1) is 15.0. The summed E-state index contributed by atoms with van der Waals surface area (Å²) < 4.78 is 5.44. The van der Waals surface area contributed by atoms with E-state index in [4.69, 9.17) is 4.74 Å². The highest BCUT2D eigenvalue weighted by Crippen LogP contribution is 2.35. The maximum absolute atomic E-state index is 13.2. The molecule has 4 amide bonds. The number of imide groups is 1. The number of piperidine rings is 1. The van der Waals surface area contributed by atoms with Gasteiger partial charge in [-0.05, 0) is 63.3 Å². The lowest BCUT2D eigenvalue weighted by atomic mass is 9.89. The van der Waals surface area contributed by atoms with Gasteiger partial charge in [0.25, 0.3) is 11.8 Å². The van der Waals surface area contributed by atoms with Gasteiger partial charge in [-0.1, -0.05) is 18.2 Å². The molecule has 4 rings (SSSR count). The van der Waals surface area contributed by atoms with E-state index in [0.717, 1.165) is 16.7 Å². The molecule has 3 aliphatic rings. The van der Waals surface area contributed by atoms with Crippen LogP contribution in [-0.2, 0) is 20.9 Å². The maximum atomic E-state index is 13.2. The SMILES string of the molecule is CC(C)(C)OC(=O)N1CC=C(c2ccc3c(c2)C(=O)N(C2(C)CCC(=O)NC2=O)C3)CC1. The van der Waals surface area contributed by atoms with E-state index in [1.807, 2.05) is 45.0 Å². The molecule has 1 aromatic rings. The van der Waals surface area contributed by atoms with Crippen LogP contribution in [0.25, 0.3) is 5.57 Å². The highest BCUT2D eigenvalue weighted by molar-refractivity contribution is 6.07. The minimum absolute atomic E-state index is 0.194. The topological polar surface area (TPSA) is 96.0 Å². The third-order valence-corrected chi connectivity index (χ3v) is 6.32. The van der Waals surface area contributed by atoms with Crippen LogP contribution in [0, 0.1) is 0 Å². The van der Waals surface area contributed by atoms with Crippen molar-refractivity contribution < 1.29 is 23.9 Å². The van der Waals surface area contributed by atoms with E-state index in [0.29, 0.717) is 38.0 Å². The fraction of sp³-hybridized carbons (Fsp3) is 0.500. The van der Waals surface area contributed by atoms with Crippen LogP contribution in [0.15, 0.2) is 24.3 Å². The van der Waals surface area contributed by atoms with Gasteiger partial charge in [0.05, 0.1) is 0 Å². The van der Waals surface area contributed by atoms with Crippen molar-refractivity contribution in [3.63, 3.8) is 0 Å². The second kappa shape index (κ2) is 7.76. The molecule has 8 nitrogen and oxygen atoms in total. The zero-order valence-electron chi connectivity index (χ0n) is 19.0. The molecule has 8 heteroatoms. The van der Waals surface area contributed by atoms with Gasteiger partial charge < -0.3 is 14.5 Å². The van der Waals surface area contributed by atoms with Crippen LogP contribution in [0.4, 0.5) is 4.79 Å². The molecule has 1 atom stereocenters. The largest absolute Gasteiger partial charge is 0.444 e. The van der Waals surface area contributed by atoms with Crippen molar-refractivity contribution in [1.82, 2.24) is 15.1 Å². The molecular weight excluding hydrogens is 410 g/mol. The van der Waals surface area contributed by atoms with Crippen LogP contribution in [0.1, 0.15) is 68.4 Å². The second-order valence-electron chi connectivity index (χ2n) is 9.82. The first kappa shape index (κ1) is 22.0. The number of benzene rings is 1. The quantitative estimate of drug-likeness (QED) is 0.715. The van der Waals surface area contributed by atoms with Gasteiger partial charge in [0, 0.05) is 31.6 Å². The Bertz CT molecular complexity index is 1040. The van der Waals surface area contributed by atoms with Crippen LogP contribution in [-0.4, -0.2) is 57.8 Å². The first-order valence-electron chi connectivity index (χ1n) is 10.9. The summed E-state index contributed by atoms with van der Waals surface area (Å²) in [7, 11) is 0. The normalized spacial score (nSPS) is 23.6.